The molecular formula is C21H24N2O7. The van der Waals surface area contributed by atoms with Gasteiger partial charge in [0.1, 0.15) is 17.9 Å². The molecule has 0 unspecified atom stereocenters. The number of esters is 2. The third-order valence-corrected chi connectivity index (χ3v) is 4.62. The zero-order chi connectivity index (χ0) is 21.8. The Morgan fingerprint density at radius 1 is 1.13 bits per heavy atom. The van der Waals surface area contributed by atoms with Crippen molar-refractivity contribution < 1.29 is 33.0 Å². The first kappa shape index (κ1) is 21.2. The van der Waals surface area contributed by atoms with Crippen molar-refractivity contribution >= 4 is 28.9 Å². The Morgan fingerprint density at radius 3 is 2.60 bits per heavy atom. The second-order valence-corrected chi connectivity index (χ2v) is 6.66. The van der Waals surface area contributed by atoms with E-state index in [1.54, 1.807) is 39.0 Å². The standard InChI is InChI=1S/C21H24N2O7/c1-5-27-13-7-8-16-14(9-13)11(3)18(30-16)20(25)29-10-15-17(19(24)28-6-2)12(4)22-21(26)23-15/h7-9,12H,5-6,10H2,1-4H3,(H2,22,23,26)/t12-/m0/s1. The van der Waals surface area contributed by atoms with Crippen molar-refractivity contribution in [3.05, 3.63) is 40.8 Å². The lowest BCUT2D eigenvalue weighted by Crippen LogP contribution is -2.50. The average Bonchev–Trinajstić information content (AvgIpc) is 3.02. The fourth-order valence-corrected chi connectivity index (χ4v) is 3.25. The number of fused-ring (bicyclic) bond motifs is 1. The van der Waals surface area contributed by atoms with Crippen molar-refractivity contribution in [2.75, 3.05) is 19.8 Å². The van der Waals surface area contributed by atoms with Crippen LogP contribution in [0, 0.1) is 6.92 Å². The molecule has 2 N–H and O–H groups in total. The summed E-state index contributed by atoms with van der Waals surface area (Å²) < 4.78 is 21.5. The van der Waals surface area contributed by atoms with Crippen LogP contribution in [-0.4, -0.2) is 43.8 Å². The first-order valence-electron chi connectivity index (χ1n) is 9.66. The van der Waals surface area contributed by atoms with Crippen LogP contribution in [0.3, 0.4) is 0 Å². The molecule has 2 aromatic rings. The van der Waals surface area contributed by atoms with Gasteiger partial charge in [0, 0.05) is 10.9 Å². The first-order valence-corrected chi connectivity index (χ1v) is 9.66. The molecule has 0 bridgehead atoms. The summed E-state index contributed by atoms with van der Waals surface area (Å²) in [6.07, 6.45) is 0. The number of furan rings is 1. The van der Waals surface area contributed by atoms with Gasteiger partial charge in [0.2, 0.25) is 5.76 Å². The van der Waals surface area contributed by atoms with Gasteiger partial charge in [0.15, 0.2) is 0 Å². The maximum absolute atomic E-state index is 12.6. The van der Waals surface area contributed by atoms with Crippen LogP contribution in [0.4, 0.5) is 4.79 Å². The number of nitrogens with one attached hydrogen (secondary N) is 2. The Bertz CT molecular complexity index is 1020. The molecule has 0 fully saturated rings. The van der Waals surface area contributed by atoms with E-state index in [1.165, 1.54) is 0 Å². The van der Waals surface area contributed by atoms with E-state index in [0.29, 0.717) is 23.5 Å². The number of hydrogen-bond donors (Lipinski definition) is 2. The van der Waals surface area contributed by atoms with Gasteiger partial charge >= 0.3 is 18.0 Å². The van der Waals surface area contributed by atoms with Gasteiger partial charge in [-0.3, -0.25) is 0 Å². The number of benzene rings is 1. The van der Waals surface area contributed by atoms with Crippen LogP contribution in [0.15, 0.2) is 33.9 Å². The fraction of sp³-hybridized carbons (Fsp3) is 0.381. The maximum Gasteiger partial charge on any atom is 0.374 e. The van der Waals surface area contributed by atoms with Gasteiger partial charge in [0.25, 0.3) is 0 Å². The normalized spacial score (nSPS) is 16.1. The van der Waals surface area contributed by atoms with Gasteiger partial charge in [-0.05, 0) is 45.9 Å². The van der Waals surface area contributed by atoms with Crippen LogP contribution >= 0.6 is 0 Å². The topological polar surface area (TPSA) is 116 Å². The average molecular weight is 416 g/mol. The van der Waals surface area contributed by atoms with Crippen LogP contribution in [-0.2, 0) is 14.3 Å². The molecule has 30 heavy (non-hydrogen) atoms. The van der Waals surface area contributed by atoms with Crippen molar-refractivity contribution in [1.29, 1.82) is 0 Å². The van der Waals surface area contributed by atoms with Crippen molar-refractivity contribution in [2.24, 2.45) is 0 Å². The number of aryl methyl sites for hydroxylation is 1. The Labute approximate surface area is 173 Å². The molecule has 1 aromatic carbocycles. The number of urea groups is 1. The molecule has 1 aliphatic rings. The second kappa shape index (κ2) is 8.89. The van der Waals surface area contributed by atoms with E-state index in [1.807, 2.05) is 6.92 Å². The molecule has 0 saturated heterocycles. The molecule has 1 aromatic heterocycles. The summed E-state index contributed by atoms with van der Waals surface area (Å²) in [5, 5.41) is 5.83. The van der Waals surface area contributed by atoms with Crippen molar-refractivity contribution in [2.45, 2.75) is 33.7 Å². The summed E-state index contributed by atoms with van der Waals surface area (Å²) in [6.45, 7) is 7.34. The number of carbonyl (C=O) groups excluding carboxylic acids is 3. The van der Waals surface area contributed by atoms with Crippen LogP contribution in [0.25, 0.3) is 11.0 Å². The summed E-state index contributed by atoms with van der Waals surface area (Å²) in [7, 11) is 0. The zero-order valence-corrected chi connectivity index (χ0v) is 17.3. The molecule has 0 aliphatic carbocycles. The summed E-state index contributed by atoms with van der Waals surface area (Å²) >= 11 is 0. The summed E-state index contributed by atoms with van der Waals surface area (Å²) in [4.78, 5) is 36.7. The second-order valence-electron chi connectivity index (χ2n) is 6.66. The van der Waals surface area contributed by atoms with Crippen molar-refractivity contribution in [3.63, 3.8) is 0 Å². The highest BCUT2D eigenvalue weighted by Crippen LogP contribution is 2.29. The Balaban J connectivity index is 1.83. The van der Waals surface area contributed by atoms with E-state index in [4.69, 9.17) is 18.6 Å². The molecule has 2 amide bonds. The number of rotatable bonds is 7. The molecule has 0 radical (unpaired) electrons. The highest BCUT2D eigenvalue weighted by Gasteiger charge is 2.31. The highest BCUT2D eigenvalue weighted by atomic mass is 16.5. The molecule has 1 atom stereocenters. The minimum atomic E-state index is -0.710. The predicted octanol–water partition coefficient (Wildman–Crippen LogP) is 2.82. The first-order chi connectivity index (χ1) is 14.3. The maximum atomic E-state index is 12.6. The Kier molecular flexibility index (Phi) is 6.29. The van der Waals surface area contributed by atoms with Crippen LogP contribution in [0.2, 0.25) is 0 Å². The lowest BCUT2D eigenvalue weighted by atomic mass is 10.0. The monoisotopic (exact) mass is 416 g/mol. The minimum absolute atomic E-state index is 0.0465. The predicted molar refractivity (Wildman–Crippen MR) is 107 cm³/mol. The zero-order valence-electron chi connectivity index (χ0n) is 17.3. The van der Waals surface area contributed by atoms with E-state index in [9.17, 15) is 14.4 Å². The summed E-state index contributed by atoms with van der Waals surface area (Å²) in [5.41, 5.74) is 1.51. The molecule has 1 aliphatic heterocycles. The number of carbonyl (C=O) groups is 3. The number of amides is 2. The van der Waals surface area contributed by atoms with Crippen LogP contribution in [0.5, 0.6) is 5.75 Å². The van der Waals surface area contributed by atoms with E-state index in [-0.39, 0.29) is 30.2 Å². The molecule has 3 rings (SSSR count). The summed E-state index contributed by atoms with van der Waals surface area (Å²) in [5.74, 6) is -0.584. The SMILES string of the molecule is CCOC(=O)C1=C(COC(=O)c2oc3ccc(OCC)cc3c2C)NC(=O)N[C@H]1C. The van der Waals surface area contributed by atoms with Gasteiger partial charge in [-0.1, -0.05) is 0 Å². The number of hydrogen-bond acceptors (Lipinski definition) is 7. The van der Waals surface area contributed by atoms with Gasteiger partial charge < -0.3 is 29.3 Å². The van der Waals surface area contributed by atoms with Crippen molar-refractivity contribution in [1.82, 2.24) is 10.6 Å². The Hall–Kier alpha value is -3.49. The molecule has 0 saturated carbocycles. The molecule has 160 valence electrons. The largest absolute Gasteiger partial charge is 0.494 e. The molecular weight excluding hydrogens is 392 g/mol. The van der Waals surface area contributed by atoms with Gasteiger partial charge in [-0.15, -0.1) is 0 Å². The number of ether oxygens (including phenoxy) is 3. The van der Waals surface area contributed by atoms with E-state index < -0.39 is 24.0 Å². The molecule has 9 heteroatoms. The van der Waals surface area contributed by atoms with E-state index in [2.05, 4.69) is 10.6 Å². The highest BCUT2D eigenvalue weighted by molar-refractivity contribution is 5.97. The van der Waals surface area contributed by atoms with Crippen LogP contribution < -0.4 is 15.4 Å². The Morgan fingerprint density at radius 2 is 1.90 bits per heavy atom. The van der Waals surface area contributed by atoms with E-state index >= 15 is 0 Å². The third kappa shape index (κ3) is 4.24. The van der Waals surface area contributed by atoms with E-state index in [0.717, 1.165) is 5.39 Å². The van der Waals surface area contributed by atoms with Crippen LogP contribution in [0.1, 0.15) is 36.9 Å². The smallest absolute Gasteiger partial charge is 0.374 e. The lowest BCUT2D eigenvalue weighted by Gasteiger charge is -2.26. The van der Waals surface area contributed by atoms with Gasteiger partial charge in [-0.25, -0.2) is 14.4 Å². The quantitative estimate of drug-likeness (QED) is 0.667. The lowest BCUT2D eigenvalue weighted by molar-refractivity contribution is -0.139. The van der Waals surface area contributed by atoms with Gasteiger partial charge in [0.05, 0.1) is 30.5 Å². The van der Waals surface area contributed by atoms with Crippen molar-refractivity contribution in [3.8, 4) is 5.75 Å². The molecule has 2 heterocycles. The fourth-order valence-electron chi connectivity index (χ4n) is 3.25. The third-order valence-electron chi connectivity index (χ3n) is 4.62. The minimum Gasteiger partial charge on any atom is -0.494 e. The summed E-state index contributed by atoms with van der Waals surface area (Å²) in [6, 6.07) is 4.19. The van der Waals surface area contributed by atoms with Gasteiger partial charge in [-0.2, -0.15) is 0 Å². The molecule has 0 spiro atoms. The molecule has 9 nitrogen and oxygen atoms in total.